The largest absolute Gasteiger partial charge is 0.488 e. The topological polar surface area (TPSA) is 124 Å². The van der Waals surface area contributed by atoms with E-state index in [0.717, 1.165) is 17.5 Å². The average molecular weight is 584 g/mol. The second-order valence-corrected chi connectivity index (χ2v) is 11.3. The number of benzene rings is 2. The molecule has 1 aliphatic rings. The third-order valence-electron chi connectivity index (χ3n) is 6.89. The van der Waals surface area contributed by atoms with Gasteiger partial charge < -0.3 is 14.4 Å². The van der Waals surface area contributed by atoms with Crippen molar-refractivity contribution >= 4 is 32.5 Å². The zero-order valence-corrected chi connectivity index (χ0v) is 23.3. The fourth-order valence-corrected chi connectivity index (χ4v) is 5.83. The van der Waals surface area contributed by atoms with Crippen LogP contribution < -0.4 is 14.2 Å². The lowest BCUT2D eigenvalue weighted by Gasteiger charge is -2.31. The number of fused-ring (bicyclic) bond motifs is 1. The number of carbonyl (C=O) groups excluding carboxylic acids is 1. The first-order chi connectivity index (χ1) is 19.6. The van der Waals surface area contributed by atoms with E-state index in [4.69, 9.17) is 9.47 Å². The molecule has 0 unspecified atom stereocenters. The summed E-state index contributed by atoms with van der Waals surface area (Å²) in [6, 6.07) is 7.32. The number of methoxy groups -OCH3 is 1. The van der Waals surface area contributed by atoms with Crippen LogP contribution in [0.25, 0.3) is 22.0 Å². The van der Waals surface area contributed by atoms with Gasteiger partial charge in [0, 0.05) is 61.8 Å². The highest BCUT2D eigenvalue weighted by Crippen LogP contribution is 2.36. The molecule has 2 aromatic heterocycles. The van der Waals surface area contributed by atoms with Gasteiger partial charge in [0.05, 0.1) is 7.11 Å². The van der Waals surface area contributed by atoms with Crippen LogP contribution in [-0.4, -0.2) is 60.5 Å². The molecular weight excluding hydrogens is 556 g/mol. The maximum Gasteiger partial charge on any atom is 0.264 e. The molecule has 1 fully saturated rings. The monoisotopic (exact) mass is 583 g/mol. The lowest BCUT2D eigenvalue weighted by atomic mass is 10.0. The van der Waals surface area contributed by atoms with Gasteiger partial charge in [0.15, 0.2) is 0 Å². The second-order valence-electron chi connectivity index (χ2n) is 9.61. The standard InChI is InChI=1S/C28H27F2N5O5S/c1-16-22-10-18(12-25(27(22)33-15-32-16)40-21-6-8-35(9-7-21)17(2)36)19-11-24(28(39-3)31-14-19)34-41(37,38)26-5-4-20(29)13-23(26)30/h4-5,10-15,21,34H,6-9H2,1-3H3. The minimum Gasteiger partial charge on any atom is -0.488 e. The number of pyridine rings is 1. The molecule has 13 heteroatoms. The van der Waals surface area contributed by atoms with Gasteiger partial charge >= 0.3 is 0 Å². The molecule has 0 radical (unpaired) electrons. The van der Waals surface area contributed by atoms with Crippen LogP contribution in [0.3, 0.4) is 0 Å². The van der Waals surface area contributed by atoms with E-state index in [1.807, 2.05) is 13.0 Å². The SMILES string of the molecule is COc1ncc(-c2cc(OC3CCN(C(C)=O)CC3)c3ncnc(C)c3c2)cc1NS(=O)(=O)c1ccc(F)cc1F. The molecule has 1 amide bonds. The number of rotatable bonds is 7. The molecule has 4 aromatic rings. The molecule has 5 rings (SSSR count). The zero-order valence-electron chi connectivity index (χ0n) is 22.5. The number of anilines is 1. The van der Waals surface area contributed by atoms with Crippen LogP contribution in [0.4, 0.5) is 14.5 Å². The number of nitrogens with zero attached hydrogens (tertiary/aromatic N) is 4. The van der Waals surface area contributed by atoms with Crippen LogP contribution in [-0.2, 0) is 14.8 Å². The van der Waals surface area contributed by atoms with Crippen molar-refractivity contribution in [1.29, 1.82) is 0 Å². The number of halogens is 2. The molecular formula is C28H27F2N5O5S. The van der Waals surface area contributed by atoms with Crippen molar-refractivity contribution in [3.63, 3.8) is 0 Å². The third kappa shape index (κ3) is 5.89. The Morgan fingerprint density at radius 3 is 2.49 bits per heavy atom. The van der Waals surface area contributed by atoms with E-state index in [2.05, 4.69) is 19.7 Å². The number of likely N-dealkylation sites (tertiary alicyclic amines) is 1. The van der Waals surface area contributed by atoms with Gasteiger partial charge in [0.1, 0.15) is 45.9 Å². The summed E-state index contributed by atoms with van der Waals surface area (Å²) in [6.07, 6.45) is 4.14. The normalized spacial score (nSPS) is 14.2. The number of ether oxygens (including phenoxy) is 2. The lowest BCUT2D eigenvalue weighted by Crippen LogP contribution is -2.40. The molecule has 214 valence electrons. The van der Waals surface area contributed by atoms with E-state index in [-0.39, 0.29) is 23.6 Å². The van der Waals surface area contributed by atoms with E-state index in [1.165, 1.54) is 25.7 Å². The van der Waals surface area contributed by atoms with E-state index in [9.17, 15) is 22.0 Å². The Kier molecular flexibility index (Phi) is 7.72. The van der Waals surface area contributed by atoms with Gasteiger partial charge in [-0.25, -0.2) is 32.2 Å². The number of carbonyl (C=O) groups is 1. The van der Waals surface area contributed by atoms with Crippen molar-refractivity contribution in [2.45, 2.75) is 37.7 Å². The van der Waals surface area contributed by atoms with Crippen molar-refractivity contribution in [3.8, 4) is 22.8 Å². The molecule has 0 atom stereocenters. The summed E-state index contributed by atoms with van der Waals surface area (Å²) in [5.41, 5.74) is 2.42. The molecule has 3 heterocycles. The van der Waals surface area contributed by atoms with Crippen LogP contribution in [0.5, 0.6) is 11.6 Å². The molecule has 0 spiro atoms. The zero-order chi connectivity index (χ0) is 29.3. The number of sulfonamides is 1. The van der Waals surface area contributed by atoms with Crippen molar-refractivity contribution in [1.82, 2.24) is 19.9 Å². The van der Waals surface area contributed by atoms with Crippen molar-refractivity contribution in [2.75, 3.05) is 24.9 Å². The summed E-state index contributed by atoms with van der Waals surface area (Å²) in [7, 11) is -3.14. The number of amides is 1. The highest BCUT2D eigenvalue weighted by atomic mass is 32.2. The quantitative estimate of drug-likeness (QED) is 0.338. The Labute approximate surface area is 235 Å². The summed E-state index contributed by atoms with van der Waals surface area (Å²) >= 11 is 0. The van der Waals surface area contributed by atoms with Crippen LogP contribution in [0.15, 0.2) is 53.8 Å². The number of hydrogen-bond donors (Lipinski definition) is 1. The van der Waals surface area contributed by atoms with Gasteiger partial charge in [-0.1, -0.05) is 0 Å². The minimum absolute atomic E-state index is 0.0277. The van der Waals surface area contributed by atoms with Crippen LogP contribution in [0, 0.1) is 18.6 Å². The smallest absolute Gasteiger partial charge is 0.264 e. The highest BCUT2D eigenvalue weighted by Gasteiger charge is 2.25. The number of nitrogens with one attached hydrogen (secondary N) is 1. The van der Waals surface area contributed by atoms with Gasteiger partial charge in [-0.3, -0.25) is 9.52 Å². The minimum atomic E-state index is -4.46. The molecule has 2 aromatic carbocycles. The molecule has 1 aliphatic heterocycles. The van der Waals surface area contributed by atoms with Gasteiger partial charge in [-0.2, -0.15) is 0 Å². The Balaban J connectivity index is 1.52. The Hall–Kier alpha value is -4.39. The Bertz CT molecular complexity index is 1740. The van der Waals surface area contributed by atoms with E-state index < -0.39 is 26.6 Å². The molecule has 10 nitrogen and oxygen atoms in total. The van der Waals surface area contributed by atoms with Crippen molar-refractivity contribution in [3.05, 3.63) is 66.3 Å². The van der Waals surface area contributed by atoms with E-state index in [0.29, 0.717) is 60.1 Å². The predicted octanol–water partition coefficient (Wildman–Crippen LogP) is 4.48. The molecule has 1 saturated heterocycles. The summed E-state index contributed by atoms with van der Waals surface area (Å²) in [5, 5.41) is 0.729. The Morgan fingerprint density at radius 2 is 1.80 bits per heavy atom. The highest BCUT2D eigenvalue weighted by molar-refractivity contribution is 7.92. The molecule has 1 N–H and O–H groups in total. The second kappa shape index (κ2) is 11.2. The van der Waals surface area contributed by atoms with E-state index >= 15 is 0 Å². The number of aryl methyl sites for hydroxylation is 1. The maximum atomic E-state index is 14.3. The van der Waals surface area contributed by atoms with Crippen LogP contribution >= 0.6 is 0 Å². The third-order valence-corrected chi connectivity index (χ3v) is 8.29. The molecule has 41 heavy (non-hydrogen) atoms. The molecule has 0 bridgehead atoms. The van der Waals surface area contributed by atoms with Gasteiger partial charge in [-0.15, -0.1) is 0 Å². The van der Waals surface area contributed by atoms with Crippen molar-refractivity contribution < 1.29 is 31.5 Å². The predicted molar refractivity (Wildman–Crippen MR) is 147 cm³/mol. The lowest BCUT2D eigenvalue weighted by molar-refractivity contribution is -0.130. The van der Waals surface area contributed by atoms with Gasteiger partial charge in [0.2, 0.25) is 11.8 Å². The van der Waals surface area contributed by atoms with Crippen molar-refractivity contribution in [2.24, 2.45) is 0 Å². The first-order valence-electron chi connectivity index (χ1n) is 12.8. The Morgan fingerprint density at radius 1 is 1.05 bits per heavy atom. The van der Waals surface area contributed by atoms with Crippen LogP contribution in [0.2, 0.25) is 0 Å². The van der Waals surface area contributed by atoms with Gasteiger partial charge in [-0.05, 0) is 42.8 Å². The summed E-state index contributed by atoms with van der Waals surface area (Å²) in [4.78, 5) is 25.8. The van der Waals surface area contributed by atoms with E-state index in [1.54, 1.807) is 17.9 Å². The van der Waals surface area contributed by atoms with Crippen LogP contribution in [0.1, 0.15) is 25.5 Å². The average Bonchev–Trinajstić information content (AvgIpc) is 2.93. The first-order valence-corrected chi connectivity index (χ1v) is 14.2. The summed E-state index contributed by atoms with van der Waals surface area (Å²) in [6.45, 7) is 4.57. The summed E-state index contributed by atoms with van der Waals surface area (Å²) < 4.78 is 67.6. The number of aromatic nitrogens is 3. The maximum absolute atomic E-state index is 14.3. The summed E-state index contributed by atoms with van der Waals surface area (Å²) in [5.74, 6) is -1.65. The number of piperidine rings is 1. The fourth-order valence-electron chi connectivity index (χ4n) is 4.72. The molecule has 0 saturated carbocycles. The fraction of sp³-hybridized carbons (Fsp3) is 0.286. The number of hydrogen-bond acceptors (Lipinski definition) is 8. The van der Waals surface area contributed by atoms with Gasteiger partial charge in [0.25, 0.3) is 10.0 Å². The first kappa shape index (κ1) is 28.1. The molecule has 0 aliphatic carbocycles.